The number of hydrogen-bond acceptors (Lipinski definition) is 4. The van der Waals surface area contributed by atoms with Gasteiger partial charge in [0.15, 0.2) is 17.5 Å². The van der Waals surface area contributed by atoms with Gasteiger partial charge in [-0.1, -0.05) is 30.3 Å². The van der Waals surface area contributed by atoms with Crippen LogP contribution in [-0.4, -0.2) is 32.1 Å². The molecule has 6 nitrogen and oxygen atoms in total. The molecule has 0 saturated heterocycles. The van der Waals surface area contributed by atoms with E-state index in [4.69, 9.17) is 9.47 Å². The van der Waals surface area contributed by atoms with Gasteiger partial charge in [0.25, 0.3) is 0 Å². The number of fused-ring (bicyclic) bond motifs is 1. The van der Waals surface area contributed by atoms with E-state index in [1.54, 1.807) is 12.1 Å². The third kappa shape index (κ3) is 8.44. The fourth-order valence-electron chi connectivity index (χ4n) is 2.78. The number of ether oxygens (including phenoxy) is 3. The Bertz CT molecular complexity index is 861. The van der Waals surface area contributed by atoms with Gasteiger partial charge in [-0.05, 0) is 35.7 Å². The number of benzene rings is 2. The van der Waals surface area contributed by atoms with Crippen molar-refractivity contribution in [2.45, 2.75) is 32.8 Å². The number of hydrogen-bond donors (Lipinski definition) is 2. The van der Waals surface area contributed by atoms with Crippen LogP contribution in [0.15, 0.2) is 47.5 Å². The molecule has 1 aliphatic heterocycles. The average molecular weight is 551 g/mol. The minimum Gasteiger partial charge on any atom is -0.454 e. The smallest absolute Gasteiger partial charge is 0.411 e. The van der Waals surface area contributed by atoms with Gasteiger partial charge in [0, 0.05) is 13.1 Å². The highest BCUT2D eigenvalue weighted by molar-refractivity contribution is 14.0. The summed E-state index contributed by atoms with van der Waals surface area (Å²) in [5.41, 5.74) is 2.66. The Morgan fingerprint density at radius 2 is 1.68 bits per heavy atom. The van der Waals surface area contributed by atoms with Crippen molar-refractivity contribution in [1.82, 2.24) is 10.6 Å². The van der Waals surface area contributed by atoms with Gasteiger partial charge in [-0.25, -0.2) is 4.99 Å². The van der Waals surface area contributed by atoms with Gasteiger partial charge < -0.3 is 24.8 Å². The molecule has 1 heterocycles. The zero-order valence-electron chi connectivity index (χ0n) is 17.0. The highest BCUT2D eigenvalue weighted by Gasteiger charge is 2.27. The number of aliphatic imine (C=N–C) groups is 1. The third-order valence-corrected chi connectivity index (χ3v) is 4.22. The van der Waals surface area contributed by atoms with Crippen LogP contribution in [0.1, 0.15) is 23.6 Å². The zero-order valence-corrected chi connectivity index (χ0v) is 19.3. The summed E-state index contributed by atoms with van der Waals surface area (Å²) in [7, 11) is 0. The van der Waals surface area contributed by atoms with Crippen LogP contribution in [-0.2, 0) is 24.4 Å². The largest absolute Gasteiger partial charge is 0.454 e. The monoisotopic (exact) mass is 551 g/mol. The second-order valence-corrected chi connectivity index (χ2v) is 6.66. The van der Waals surface area contributed by atoms with Gasteiger partial charge in [-0.15, -0.1) is 24.0 Å². The number of rotatable bonds is 8. The second-order valence-electron chi connectivity index (χ2n) is 6.66. The number of halogens is 4. The van der Waals surface area contributed by atoms with Crippen LogP contribution in [0.4, 0.5) is 13.2 Å². The average Bonchev–Trinajstić information content (AvgIpc) is 3.18. The van der Waals surface area contributed by atoms with E-state index in [1.807, 2.05) is 37.3 Å². The molecule has 0 saturated carbocycles. The molecule has 0 bridgehead atoms. The first-order valence-corrected chi connectivity index (χ1v) is 9.56. The second kappa shape index (κ2) is 12.0. The molecule has 2 aromatic carbocycles. The maximum Gasteiger partial charge on any atom is 0.411 e. The molecule has 2 aromatic rings. The van der Waals surface area contributed by atoms with Gasteiger partial charge in [0.05, 0.1) is 13.2 Å². The quantitative estimate of drug-likeness (QED) is 0.290. The minimum atomic E-state index is -4.31. The summed E-state index contributed by atoms with van der Waals surface area (Å²) in [6.07, 6.45) is -4.31. The first kappa shape index (κ1) is 25.1. The SMILES string of the molecule is CCNC(=NCc1ccc2c(c1)OCO2)NCc1ccc(COCC(F)(F)F)cc1.I. The van der Waals surface area contributed by atoms with E-state index < -0.39 is 12.8 Å². The lowest BCUT2D eigenvalue weighted by molar-refractivity contribution is -0.176. The van der Waals surface area contributed by atoms with Crippen molar-refractivity contribution in [2.24, 2.45) is 4.99 Å². The van der Waals surface area contributed by atoms with Crippen molar-refractivity contribution in [1.29, 1.82) is 0 Å². The Labute approximate surface area is 196 Å². The van der Waals surface area contributed by atoms with Gasteiger partial charge >= 0.3 is 6.18 Å². The first-order chi connectivity index (χ1) is 14.4. The molecule has 0 atom stereocenters. The molecule has 3 rings (SSSR count). The molecule has 0 amide bonds. The Balaban J connectivity index is 0.00000341. The number of guanidine groups is 1. The number of alkyl halides is 3. The fraction of sp³-hybridized carbons (Fsp3) is 0.381. The van der Waals surface area contributed by atoms with E-state index in [2.05, 4.69) is 20.4 Å². The van der Waals surface area contributed by atoms with Crippen LogP contribution in [0.3, 0.4) is 0 Å². The molecule has 1 aliphatic rings. The number of nitrogens with zero attached hydrogens (tertiary/aromatic N) is 1. The molecule has 0 unspecified atom stereocenters. The molecule has 2 N–H and O–H groups in total. The Morgan fingerprint density at radius 3 is 2.39 bits per heavy atom. The van der Waals surface area contributed by atoms with Gasteiger partial charge in [-0.2, -0.15) is 13.2 Å². The van der Waals surface area contributed by atoms with Crippen molar-refractivity contribution < 1.29 is 27.4 Å². The lowest BCUT2D eigenvalue weighted by atomic mass is 10.1. The Morgan fingerprint density at radius 1 is 1.00 bits per heavy atom. The normalized spacial score (nSPS) is 13.0. The highest BCUT2D eigenvalue weighted by Crippen LogP contribution is 2.32. The molecule has 0 spiro atoms. The Hall–Kier alpha value is -2.21. The molecule has 0 aliphatic carbocycles. The van der Waals surface area contributed by atoms with E-state index in [0.717, 1.165) is 22.6 Å². The zero-order chi connectivity index (χ0) is 21.4. The van der Waals surface area contributed by atoms with Crippen molar-refractivity contribution >= 4 is 29.9 Å². The predicted octanol–water partition coefficient (Wildman–Crippen LogP) is 4.37. The van der Waals surface area contributed by atoms with Crippen molar-refractivity contribution in [2.75, 3.05) is 19.9 Å². The van der Waals surface area contributed by atoms with Crippen LogP contribution in [0.5, 0.6) is 11.5 Å². The summed E-state index contributed by atoms with van der Waals surface area (Å²) in [6.45, 7) is 2.60. The maximum absolute atomic E-state index is 12.1. The van der Waals surface area contributed by atoms with Crippen LogP contribution >= 0.6 is 24.0 Å². The van der Waals surface area contributed by atoms with Crippen LogP contribution in [0, 0.1) is 0 Å². The molecule has 31 heavy (non-hydrogen) atoms. The molecular weight excluding hydrogens is 526 g/mol. The van der Waals surface area contributed by atoms with Crippen LogP contribution in [0.25, 0.3) is 0 Å². The lowest BCUT2D eigenvalue weighted by Crippen LogP contribution is -2.36. The van der Waals surface area contributed by atoms with E-state index in [-0.39, 0.29) is 37.4 Å². The number of nitrogens with one attached hydrogen (secondary N) is 2. The van der Waals surface area contributed by atoms with Crippen LogP contribution in [0.2, 0.25) is 0 Å². The Kier molecular flexibility index (Phi) is 9.69. The summed E-state index contributed by atoms with van der Waals surface area (Å²) in [5, 5.41) is 6.43. The summed E-state index contributed by atoms with van der Waals surface area (Å²) >= 11 is 0. The lowest BCUT2D eigenvalue weighted by Gasteiger charge is -2.12. The standard InChI is InChI=1S/C21H24F3N3O3.HI/c1-2-25-20(27-11-17-7-8-18-19(9-17)30-14-29-18)26-10-15-3-5-16(6-4-15)12-28-13-21(22,23)24;/h3-9H,2,10-14H2,1H3,(H2,25,26,27);1H. The van der Waals surface area contributed by atoms with Gasteiger partial charge in [-0.3, -0.25) is 0 Å². The molecule has 170 valence electrons. The maximum atomic E-state index is 12.1. The molecule has 0 aromatic heterocycles. The topological polar surface area (TPSA) is 64.1 Å². The van der Waals surface area contributed by atoms with Crippen molar-refractivity contribution in [3.63, 3.8) is 0 Å². The molecule has 0 radical (unpaired) electrons. The third-order valence-electron chi connectivity index (χ3n) is 4.22. The van der Waals surface area contributed by atoms with Crippen molar-refractivity contribution in [3.8, 4) is 11.5 Å². The summed E-state index contributed by atoms with van der Waals surface area (Å²) in [5.74, 6) is 2.12. The van der Waals surface area contributed by atoms with E-state index in [1.165, 1.54) is 0 Å². The summed E-state index contributed by atoms with van der Waals surface area (Å²) in [6, 6.07) is 12.9. The van der Waals surface area contributed by atoms with E-state index in [9.17, 15) is 13.2 Å². The molecule has 10 heteroatoms. The molecule has 0 fully saturated rings. The summed E-state index contributed by atoms with van der Waals surface area (Å²) in [4.78, 5) is 4.58. The van der Waals surface area contributed by atoms with E-state index >= 15 is 0 Å². The van der Waals surface area contributed by atoms with Crippen LogP contribution < -0.4 is 20.1 Å². The minimum absolute atomic E-state index is 0. The fourth-order valence-corrected chi connectivity index (χ4v) is 2.78. The summed E-state index contributed by atoms with van der Waals surface area (Å²) < 4.78 is 51.7. The highest BCUT2D eigenvalue weighted by atomic mass is 127. The predicted molar refractivity (Wildman–Crippen MR) is 122 cm³/mol. The van der Waals surface area contributed by atoms with E-state index in [0.29, 0.717) is 31.2 Å². The van der Waals surface area contributed by atoms with Gasteiger partial charge in [0.2, 0.25) is 6.79 Å². The van der Waals surface area contributed by atoms with Gasteiger partial charge in [0.1, 0.15) is 6.61 Å². The molecular formula is C21H25F3IN3O3. The first-order valence-electron chi connectivity index (χ1n) is 9.56. The van der Waals surface area contributed by atoms with Crippen molar-refractivity contribution in [3.05, 3.63) is 59.2 Å².